The Morgan fingerprint density at radius 2 is 1.57 bits per heavy atom. The summed E-state index contributed by atoms with van der Waals surface area (Å²) in [5, 5.41) is 17.4. The lowest BCUT2D eigenvalue weighted by Crippen LogP contribution is -2.32. The van der Waals surface area contributed by atoms with Crippen molar-refractivity contribution < 1.29 is 24.4 Å². The van der Waals surface area contributed by atoms with Gasteiger partial charge in [0, 0.05) is 0 Å². The molecule has 0 aliphatic carbocycles. The molecule has 2 atom stereocenters. The summed E-state index contributed by atoms with van der Waals surface area (Å²) in [6, 6.07) is -1.55. The summed E-state index contributed by atoms with van der Waals surface area (Å²) in [6.45, 7) is 1.65. The van der Waals surface area contributed by atoms with Crippen molar-refractivity contribution in [2.45, 2.75) is 63.7 Å². The van der Waals surface area contributed by atoms with E-state index in [2.05, 4.69) is 9.13 Å². The number of rotatable bonds is 12. The third kappa shape index (κ3) is 7.75. The Hall–Kier alpha value is -1.93. The molecule has 0 aliphatic rings. The number of hydrogen-bond donors (Lipinski definition) is 4. The number of aliphatic carboxylic acids is 2. The number of aryl methyl sites for hydroxylation is 2. The summed E-state index contributed by atoms with van der Waals surface area (Å²) in [5.41, 5.74) is 10.9. The fourth-order valence-electron chi connectivity index (χ4n) is 2.27. The Balaban J connectivity index is 2.17. The molecule has 1 rings (SSSR count). The van der Waals surface area contributed by atoms with Crippen molar-refractivity contribution in [2.24, 2.45) is 11.5 Å². The van der Waals surface area contributed by atoms with Crippen LogP contribution < -0.4 is 16.0 Å². The second-order valence-corrected chi connectivity index (χ2v) is 5.77. The molecule has 23 heavy (non-hydrogen) atoms. The zero-order chi connectivity index (χ0) is 17.2. The lowest BCUT2D eigenvalue weighted by Gasteiger charge is -2.05. The third-order valence-corrected chi connectivity index (χ3v) is 3.74. The van der Waals surface area contributed by atoms with Gasteiger partial charge in [0.15, 0.2) is 0 Å². The van der Waals surface area contributed by atoms with Gasteiger partial charge in [0.2, 0.25) is 6.33 Å². The van der Waals surface area contributed by atoms with Gasteiger partial charge in [-0.3, -0.25) is 9.59 Å². The summed E-state index contributed by atoms with van der Waals surface area (Å²) in [7, 11) is 0. The Morgan fingerprint density at radius 1 is 1.00 bits per heavy atom. The van der Waals surface area contributed by atoms with E-state index in [-0.39, 0.29) is 0 Å². The first kappa shape index (κ1) is 19.1. The van der Waals surface area contributed by atoms with Gasteiger partial charge in [-0.15, -0.1) is 0 Å². The van der Waals surface area contributed by atoms with E-state index in [9.17, 15) is 9.59 Å². The summed E-state index contributed by atoms with van der Waals surface area (Å²) in [5.74, 6) is -1.90. The molecule has 130 valence electrons. The number of carboxylic acid groups (broad SMARTS) is 2. The SMILES string of the molecule is N[C@@H](CCCCn1cc[n+](CCCC[C@H](N)C(=O)O)c1)C(=O)O. The van der Waals surface area contributed by atoms with Crippen molar-refractivity contribution >= 4 is 11.9 Å². The smallest absolute Gasteiger partial charge is 0.320 e. The molecule has 0 saturated carbocycles. The molecule has 0 fully saturated rings. The van der Waals surface area contributed by atoms with Crippen LogP contribution in [-0.2, 0) is 22.7 Å². The van der Waals surface area contributed by atoms with Crippen LogP contribution in [-0.4, -0.2) is 38.8 Å². The highest BCUT2D eigenvalue weighted by Gasteiger charge is 2.12. The van der Waals surface area contributed by atoms with Crippen LogP contribution in [0.25, 0.3) is 0 Å². The zero-order valence-electron chi connectivity index (χ0n) is 13.3. The topological polar surface area (TPSA) is 135 Å². The molecule has 0 saturated heterocycles. The Bertz CT molecular complexity index is 461. The van der Waals surface area contributed by atoms with Crippen molar-refractivity contribution in [3.63, 3.8) is 0 Å². The Labute approximate surface area is 135 Å². The lowest BCUT2D eigenvalue weighted by atomic mass is 10.1. The average Bonchev–Trinajstić information content (AvgIpc) is 2.95. The molecule has 0 spiro atoms. The second-order valence-electron chi connectivity index (χ2n) is 5.77. The van der Waals surface area contributed by atoms with Crippen LogP contribution in [0.2, 0.25) is 0 Å². The zero-order valence-corrected chi connectivity index (χ0v) is 13.3. The molecule has 0 unspecified atom stereocenters. The van der Waals surface area contributed by atoms with Gasteiger partial charge in [-0.25, -0.2) is 9.13 Å². The Morgan fingerprint density at radius 3 is 2.13 bits per heavy atom. The maximum atomic E-state index is 10.6. The van der Waals surface area contributed by atoms with E-state index in [4.69, 9.17) is 21.7 Å². The van der Waals surface area contributed by atoms with Crippen molar-refractivity contribution in [1.29, 1.82) is 0 Å². The Kier molecular flexibility index (Phi) is 8.28. The van der Waals surface area contributed by atoms with Crippen LogP contribution in [0.1, 0.15) is 38.5 Å². The largest absolute Gasteiger partial charge is 0.480 e. The van der Waals surface area contributed by atoms with Crippen LogP contribution in [0.5, 0.6) is 0 Å². The van der Waals surface area contributed by atoms with E-state index in [0.717, 1.165) is 38.8 Å². The molecule has 8 heteroatoms. The standard InChI is InChI=1S/C15H26N4O4/c16-12(14(20)21)5-1-3-7-18-9-10-19(11-18)8-4-2-6-13(17)15(22)23/h9-13H,1-8,16-17H2,(H-,20,21,22,23)/p+1/t12-,13-/m0/s1. The van der Waals surface area contributed by atoms with Crippen LogP contribution >= 0.6 is 0 Å². The number of hydrogen-bond acceptors (Lipinski definition) is 4. The van der Waals surface area contributed by atoms with Gasteiger partial charge in [0.05, 0.1) is 13.1 Å². The van der Waals surface area contributed by atoms with Crippen molar-refractivity contribution in [3.8, 4) is 0 Å². The highest BCUT2D eigenvalue weighted by Crippen LogP contribution is 2.02. The quantitative estimate of drug-likeness (QED) is 0.314. The number of nitrogens with zero attached hydrogens (tertiary/aromatic N) is 2. The van der Waals surface area contributed by atoms with E-state index in [0.29, 0.717) is 12.8 Å². The van der Waals surface area contributed by atoms with Crippen LogP contribution in [0.4, 0.5) is 0 Å². The fourth-order valence-corrected chi connectivity index (χ4v) is 2.27. The minimum absolute atomic E-state index is 0.487. The molecule has 0 amide bonds. The van der Waals surface area contributed by atoms with Crippen LogP contribution in [0.3, 0.4) is 0 Å². The van der Waals surface area contributed by atoms with Gasteiger partial charge in [0.1, 0.15) is 24.5 Å². The van der Waals surface area contributed by atoms with E-state index < -0.39 is 24.0 Å². The lowest BCUT2D eigenvalue weighted by molar-refractivity contribution is -0.696. The number of imidazole rings is 1. The molecule has 0 aromatic carbocycles. The first-order valence-corrected chi connectivity index (χ1v) is 7.91. The molecule has 1 aromatic heterocycles. The molecule has 0 aliphatic heterocycles. The minimum atomic E-state index is -0.952. The summed E-state index contributed by atoms with van der Waals surface area (Å²) >= 11 is 0. The minimum Gasteiger partial charge on any atom is -0.480 e. The highest BCUT2D eigenvalue weighted by atomic mass is 16.4. The van der Waals surface area contributed by atoms with Gasteiger partial charge < -0.3 is 21.7 Å². The number of unbranched alkanes of at least 4 members (excludes halogenated alkanes) is 2. The molecule has 8 nitrogen and oxygen atoms in total. The fraction of sp³-hybridized carbons (Fsp3) is 0.667. The van der Waals surface area contributed by atoms with Crippen LogP contribution in [0.15, 0.2) is 18.7 Å². The molecule has 1 heterocycles. The van der Waals surface area contributed by atoms with Gasteiger partial charge in [-0.2, -0.15) is 0 Å². The monoisotopic (exact) mass is 327 g/mol. The van der Waals surface area contributed by atoms with Gasteiger partial charge in [0.25, 0.3) is 0 Å². The molecule has 0 bridgehead atoms. The molecular formula is C15H27N4O4+. The molecule has 1 aromatic rings. The van der Waals surface area contributed by atoms with E-state index in [1.54, 1.807) is 0 Å². The summed E-state index contributed by atoms with van der Waals surface area (Å²) < 4.78 is 4.10. The van der Waals surface area contributed by atoms with Gasteiger partial charge in [-0.05, 0) is 38.5 Å². The van der Waals surface area contributed by atoms with Crippen LogP contribution in [0, 0.1) is 0 Å². The van der Waals surface area contributed by atoms with E-state index >= 15 is 0 Å². The van der Waals surface area contributed by atoms with Gasteiger partial charge in [-0.1, -0.05) is 0 Å². The number of aromatic nitrogens is 2. The number of nitrogens with two attached hydrogens (primary N) is 2. The van der Waals surface area contributed by atoms with Crippen molar-refractivity contribution in [2.75, 3.05) is 0 Å². The van der Waals surface area contributed by atoms with E-state index in [1.807, 2.05) is 18.7 Å². The second kappa shape index (κ2) is 9.96. The predicted octanol–water partition coefficient (Wildman–Crippen LogP) is -0.0600. The maximum absolute atomic E-state index is 10.6. The number of carbonyl (C=O) groups is 2. The summed E-state index contributed by atoms with van der Waals surface area (Å²) in [4.78, 5) is 21.2. The molecule has 0 radical (unpaired) electrons. The first-order valence-electron chi connectivity index (χ1n) is 7.91. The van der Waals surface area contributed by atoms with Crippen molar-refractivity contribution in [3.05, 3.63) is 18.7 Å². The third-order valence-electron chi connectivity index (χ3n) is 3.74. The maximum Gasteiger partial charge on any atom is 0.320 e. The normalized spacial score (nSPS) is 13.7. The predicted molar refractivity (Wildman–Crippen MR) is 83.6 cm³/mol. The van der Waals surface area contributed by atoms with Crippen molar-refractivity contribution in [1.82, 2.24) is 4.57 Å². The highest BCUT2D eigenvalue weighted by molar-refractivity contribution is 5.73. The van der Waals surface area contributed by atoms with E-state index in [1.165, 1.54) is 0 Å². The molecule has 6 N–H and O–H groups in total. The number of carboxylic acids is 2. The molecular weight excluding hydrogens is 300 g/mol. The first-order chi connectivity index (χ1) is 10.9. The van der Waals surface area contributed by atoms with Gasteiger partial charge >= 0.3 is 11.9 Å². The summed E-state index contributed by atoms with van der Waals surface area (Å²) in [6.07, 6.45) is 10.2. The average molecular weight is 327 g/mol.